The minimum Gasteiger partial charge on any atom is -0.388 e. The number of rotatable bonds is 3. The fraction of sp³-hybridized carbons (Fsp3) is 0.562. The quantitative estimate of drug-likeness (QED) is 0.854. The summed E-state index contributed by atoms with van der Waals surface area (Å²) in [5.41, 5.74) is 0.717. The Labute approximate surface area is 139 Å². The van der Waals surface area contributed by atoms with Crippen LogP contribution in [0.15, 0.2) is 24.3 Å². The second-order valence-electron chi connectivity index (χ2n) is 6.18. The predicted molar refractivity (Wildman–Crippen MR) is 83.2 cm³/mol. The first-order valence-corrected chi connectivity index (χ1v) is 8.24. The lowest BCUT2D eigenvalue weighted by Gasteiger charge is -2.34. The van der Waals surface area contributed by atoms with E-state index in [4.69, 9.17) is 23.2 Å². The molecule has 0 bridgehead atoms. The van der Waals surface area contributed by atoms with Crippen LogP contribution in [0.3, 0.4) is 0 Å². The summed E-state index contributed by atoms with van der Waals surface area (Å²) in [4.78, 5) is 14.0. The summed E-state index contributed by atoms with van der Waals surface area (Å²) in [7, 11) is 0. The topological polar surface area (TPSA) is 40.5 Å². The Morgan fingerprint density at radius 1 is 1.27 bits per heavy atom. The summed E-state index contributed by atoms with van der Waals surface area (Å²) < 4.78 is 12.0. The van der Waals surface area contributed by atoms with Gasteiger partial charge >= 0.3 is 0 Å². The van der Waals surface area contributed by atoms with E-state index in [9.17, 15) is 14.3 Å². The molecule has 2 aliphatic rings. The molecule has 0 unspecified atom stereocenters. The van der Waals surface area contributed by atoms with Gasteiger partial charge in [-0.05, 0) is 42.9 Å². The second-order valence-corrected chi connectivity index (χ2v) is 7.72. The van der Waals surface area contributed by atoms with Gasteiger partial charge < -0.3 is 10.0 Å². The van der Waals surface area contributed by atoms with Crippen LogP contribution in [0.1, 0.15) is 30.9 Å². The average molecular weight is 346 g/mol. The van der Waals surface area contributed by atoms with Crippen molar-refractivity contribution in [3.8, 4) is 0 Å². The first-order valence-electron chi connectivity index (χ1n) is 7.48. The maximum atomic E-state index is 12.9. The van der Waals surface area contributed by atoms with E-state index in [0.717, 1.165) is 0 Å². The molecule has 3 rings (SSSR count). The summed E-state index contributed by atoms with van der Waals surface area (Å²) in [6.45, 7) is 1.20. The van der Waals surface area contributed by atoms with Gasteiger partial charge in [0, 0.05) is 13.1 Å². The molecule has 1 aromatic carbocycles. The Bertz CT molecular complexity index is 556. The highest BCUT2D eigenvalue weighted by molar-refractivity contribution is 6.52. The Morgan fingerprint density at radius 3 is 2.32 bits per heavy atom. The zero-order valence-corrected chi connectivity index (χ0v) is 13.5. The first-order chi connectivity index (χ1) is 10.4. The number of nitrogens with zero attached hydrogens (tertiary/aromatic N) is 1. The van der Waals surface area contributed by atoms with Crippen LogP contribution in [0.25, 0.3) is 0 Å². The van der Waals surface area contributed by atoms with Crippen LogP contribution in [-0.4, -0.2) is 33.3 Å². The van der Waals surface area contributed by atoms with Crippen LogP contribution in [0, 0.1) is 17.7 Å². The van der Waals surface area contributed by atoms with Crippen LogP contribution < -0.4 is 0 Å². The largest absolute Gasteiger partial charge is 0.388 e. The summed E-state index contributed by atoms with van der Waals surface area (Å²) in [5, 5.41) is 10.4. The van der Waals surface area contributed by atoms with E-state index >= 15 is 0 Å². The SMILES string of the molecule is O=C([C@H]1CC1(Cl)Cl)N1CCC([C@H](O)c2ccc(F)cc2)CC1. The van der Waals surface area contributed by atoms with E-state index < -0.39 is 10.4 Å². The lowest BCUT2D eigenvalue weighted by molar-refractivity contribution is -0.134. The number of aliphatic hydroxyl groups is 1. The van der Waals surface area contributed by atoms with Crippen molar-refractivity contribution in [2.24, 2.45) is 11.8 Å². The van der Waals surface area contributed by atoms with Crippen LogP contribution in [-0.2, 0) is 4.79 Å². The molecule has 1 aromatic rings. The number of likely N-dealkylation sites (tertiary alicyclic amines) is 1. The molecule has 1 amide bonds. The number of hydrogen-bond donors (Lipinski definition) is 1. The van der Waals surface area contributed by atoms with Gasteiger partial charge in [0.2, 0.25) is 5.91 Å². The number of amides is 1. The minimum absolute atomic E-state index is 0.0136. The number of carbonyl (C=O) groups is 1. The molecule has 2 fully saturated rings. The van der Waals surface area contributed by atoms with E-state index in [1.54, 1.807) is 17.0 Å². The molecule has 120 valence electrons. The van der Waals surface area contributed by atoms with Gasteiger partial charge in [0.1, 0.15) is 10.2 Å². The monoisotopic (exact) mass is 345 g/mol. The number of aliphatic hydroxyl groups excluding tert-OH is 1. The Balaban J connectivity index is 1.55. The third-order valence-corrected chi connectivity index (χ3v) is 5.47. The molecular formula is C16H18Cl2FNO2. The van der Waals surface area contributed by atoms with E-state index in [0.29, 0.717) is 37.9 Å². The van der Waals surface area contributed by atoms with Gasteiger partial charge in [-0.1, -0.05) is 12.1 Å². The zero-order valence-electron chi connectivity index (χ0n) is 12.0. The van der Waals surface area contributed by atoms with E-state index in [2.05, 4.69) is 0 Å². The zero-order chi connectivity index (χ0) is 15.9. The maximum absolute atomic E-state index is 12.9. The second kappa shape index (κ2) is 5.99. The Morgan fingerprint density at radius 2 is 1.82 bits per heavy atom. The van der Waals surface area contributed by atoms with E-state index in [-0.39, 0.29) is 23.6 Å². The van der Waals surface area contributed by atoms with Gasteiger partial charge in [0.05, 0.1) is 12.0 Å². The van der Waals surface area contributed by atoms with Crippen LogP contribution >= 0.6 is 23.2 Å². The van der Waals surface area contributed by atoms with Gasteiger partial charge in [-0.25, -0.2) is 4.39 Å². The molecule has 1 saturated carbocycles. The number of hydrogen-bond acceptors (Lipinski definition) is 2. The molecule has 6 heteroatoms. The molecule has 1 aliphatic carbocycles. The molecule has 1 N–H and O–H groups in total. The van der Waals surface area contributed by atoms with Crippen molar-refractivity contribution in [3.63, 3.8) is 0 Å². The highest BCUT2D eigenvalue weighted by Gasteiger charge is 2.57. The summed E-state index contributed by atoms with van der Waals surface area (Å²) in [6, 6.07) is 5.92. The third kappa shape index (κ3) is 3.24. The van der Waals surface area contributed by atoms with Crippen LogP contribution in [0.5, 0.6) is 0 Å². The van der Waals surface area contributed by atoms with Crippen molar-refractivity contribution >= 4 is 29.1 Å². The van der Waals surface area contributed by atoms with Gasteiger partial charge in [-0.3, -0.25) is 4.79 Å². The normalized spacial score (nSPS) is 25.8. The molecular weight excluding hydrogens is 328 g/mol. The number of benzene rings is 1. The number of halogens is 3. The molecule has 0 spiro atoms. The smallest absolute Gasteiger partial charge is 0.228 e. The Kier molecular flexibility index (Phi) is 4.36. The fourth-order valence-electron chi connectivity index (χ4n) is 3.07. The fourth-order valence-corrected chi connectivity index (χ4v) is 3.56. The summed E-state index contributed by atoms with van der Waals surface area (Å²) in [6.07, 6.45) is 1.33. The van der Waals surface area contributed by atoms with Gasteiger partial charge in [0.25, 0.3) is 0 Å². The van der Waals surface area contributed by atoms with E-state index in [1.165, 1.54) is 12.1 Å². The highest BCUT2D eigenvalue weighted by Crippen LogP contribution is 2.54. The van der Waals surface area contributed by atoms with Crippen molar-refractivity contribution < 1.29 is 14.3 Å². The predicted octanol–water partition coefficient (Wildman–Crippen LogP) is 3.29. The Hall–Kier alpha value is -0.840. The highest BCUT2D eigenvalue weighted by atomic mass is 35.5. The first kappa shape index (κ1) is 16.0. The minimum atomic E-state index is -0.887. The van der Waals surface area contributed by atoms with Crippen molar-refractivity contribution in [2.45, 2.75) is 29.7 Å². The molecule has 0 radical (unpaired) electrons. The summed E-state index contributed by atoms with van der Waals surface area (Å²) >= 11 is 11.9. The van der Waals surface area contributed by atoms with E-state index in [1.807, 2.05) is 0 Å². The van der Waals surface area contributed by atoms with Gasteiger partial charge in [-0.2, -0.15) is 0 Å². The standard InChI is InChI=1S/C16H18Cl2FNO2/c17-16(18)9-13(16)15(22)20-7-5-11(6-8-20)14(21)10-1-3-12(19)4-2-10/h1-4,11,13-14,21H,5-9H2/t13-,14-/m1/s1. The van der Waals surface area contributed by atoms with Crippen molar-refractivity contribution in [1.82, 2.24) is 4.90 Å². The number of carbonyl (C=O) groups excluding carboxylic acids is 1. The van der Waals surface area contributed by atoms with Crippen LogP contribution in [0.4, 0.5) is 4.39 Å². The average Bonchev–Trinajstić information content (AvgIpc) is 3.15. The number of piperidine rings is 1. The molecule has 2 atom stereocenters. The van der Waals surface area contributed by atoms with Crippen LogP contribution in [0.2, 0.25) is 0 Å². The maximum Gasteiger partial charge on any atom is 0.228 e. The lowest BCUT2D eigenvalue weighted by Crippen LogP contribution is -2.41. The van der Waals surface area contributed by atoms with Gasteiger partial charge in [-0.15, -0.1) is 23.2 Å². The molecule has 0 aromatic heterocycles. The molecule has 1 saturated heterocycles. The van der Waals surface area contributed by atoms with Gasteiger partial charge in [0.15, 0.2) is 0 Å². The lowest BCUT2D eigenvalue weighted by atomic mass is 9.87. The third-order valence-electron chi connectivity index (χ3n) is 4.63. The van der Waals surface area contributed by atoms with Crippen molar-refractivity contribution in [2.75, 3.05) is 13.1 Å². The van der Waals surface area contributed by atoms with Crippen molar-refractivity contribution in [1.29, 1.82) is 0 Å². The van der Waals surface area contributed by atoms with Crippen molar-refractivity contribution in [3.05, 3.63) is 35.6 Å². The molecule has 1 aliphatic heterocycles. The molecule has 22 heavy (non-hydrogen) atoms. The molecule has 3 nitrogen and oxygen atoms in total. The summed E-state index contributed by atoms with van der Waals surface area (Å²) in [5.74, 6) is -0.508. The molecule has 1 heterocycles. The number of alkyl halides is 2.